The molecule has 1 atom stereocenters. The van der Waals surface area contributed by atoms with Crippen molar-refractivity contribution in [3.05, 3.63) is 90.0 Å². The number of benzene rings is 2. The molecule has 1 aliphatic heterocycles. The molecule has 0 aliphatic carbocycles. The molecule has 0 N–H and O–H groups in total. The molecule has 0 radical (unpaired) electrons. The second kappa shape index (κ2) is 8.52. The number of piperazine rings is 1. The molecular formula is C24H26FN3O. The largest absolute Gasteiger partial charge is 0.368 e. The number of hydrogen-bond donors (Lipinski definition) is 0. The summed E-state index contributed by atoms with van der Waals surface area (Å²) in [7, 11) is 0. The van der Waals surface area contributed by atoms with E-state index in [1.807, 2.05) is 29.4 Å². The molecule has 2 heterocycles. The van der Waals surface area contributed by atoms with Crippen molar-refractivity contribution in [2.24, 2.45) is 0 Å². The van der Waals surface area contributed by atoms with Gasteiger partial charge in [0.05, 0.1) is 12.5 Å². The molecular weight excluding hydrogens is 365 g/mol. The molecule has 5 heteroatoms. The number of halogens is 1. The van der Waals surface area contributed by atoms with Crippen LogP contribution in [-0.4, -0.2) is 41.6 Å². The van der Waals surface area contributed by atoms with Crippen LogP contribution in [0.1, 0.15) is 23.6 Å². The van der Waals surface area contributed by atoms with Crippen LogP contribution in [0.4, 0.5) is 10.1 Å². The lowest BCUT2D eigenvalue weighted by Crippen LogP contribution is -2.49. The van der Waals surface area contributed by atoms with E-state index in [0.29, 0.717) is 19.5 Å². The van der Waals surface area contributed by atoms with E-state index in [2.05, 4.69) is 40.7 Å². The fraction of sp³-hybridized carbons (Fsp3) is 0.292. The predicted octanol–water partition coefficient (Wildman–Crippen LogP) is 4.26. The molecule has 1 amide bonds. The lowest BCUT2D eigenvalue weighted by atomic mass is 10.0. The van der Waals surface area contributed by atoms with Gasteiger partial charge in [0.15, 0.2) is 0 Å². The van der Waals surface area contributed by atoms with Crippen molar-refractivity contribution in [1.82, 2.24) is 9.47 Å². The number of carbonyl (C=O) groups excluding carboxylic acids is 1. The van der Waals surface area contributed by atoms with Crippen LogP contribution in [0.25, 0.3) is 0 Å². The normalized spacial score (nSPS) is 15.4. The first-order valence-corrected chi connectivity index (χ1v) is 10.1. The topological polar surface area (TPSA) is 28.5 Å². The highest BCUT2D eigenvalue weighted by Crippen LogP contribution is 2.25. The van der Waals surface area contributed by atoms with Crippen LogP contribution in [0.2, 0.25) is 0 Å². The molecule has 0 spiro atoms. The first-order chi connectivity index (χ1) is 14.1. The van der Waals surface area contributed by atoms with E-state index in [9.17, 15) is 9.18 Å². The first-order valence-electron chi connectivity index (χ1n) is 10.1. The highest BCUT2D eigenvalue weighted by atomic mass is 19.1. The summed E-state index contributed by atoms with van der Waals surface area (Å²) >= 11 is 0. The van der Waals surface area contributed by atoms with Crippen molar-refractivity contribution in [2.45, 2.75) is 19.4 Å². The van der Waals surface area contributed by atoms with Gasteiger partial charge in [-0.25, -0.2) is 4.39 Å². The van der Waals surface area contributed by atoms with Gasteiger partial charge in [0.2, 0.25) is 5.91 Å². The van der Waals surface area contributed by atoms with Gasteiger partial charge in [0.25, 0.3) is 0 Å². The minimum Gasteiger partial charge on any atom is -0.368 e. The van der Waals surface area contributed by atoms with E-state index in [1.54, 1.807) is 12.1 Å². The molecule has 29 heavy (non-hydrogen) atoms. The van der Waals surface area contributed by atoms with Gasteiger partial charge in [-0.15, -0.1) is 0 Å². The van der Waals surface area contributed by atoms with Gasteiger partial charge in [0, 0.05) is 44.3 Å². The van der Waals surface area contributed by atoms with Crippen molar-refractivity contribution < 1.29 is 9.18 Å². The number of anilines is 1. The average Bonchev–Trinajstić information content (AvgIpc) is 3.28. The Morgan fingerprint density at radius 2 is 1.55 bits per heavy atom. The van der Waals surface area contributed by atoms with Crippen molar-refractivity contribution >= 4 is 11.6 Å². The third-order valence-corrected chi connectivity index (χ3v) is 5.64. The number of carbonyl (C=O) groups is 1. The number of amides is 1. The summed E-state index contributed by atoms with van der Waals surface area (Å²) in [6, 6.07) is 19.0. The summed E-state index contributed by atoms with van der Waals surface area (Å²) in [5.41, 5.74) is 3.36. The molecule has 3 aromatic rings. The maximum absolute atomic E-state index is 13.1. The lowest BCUT2D eigenvalue weighted by Gasteiger charge is -2.36. The SMILES string of the molecule is Cc1ccc(C(CC(=O)N2CCN(c3ccc(F)cc3)CC2)n2cccc2)cc1. The third kappa shape index (κ3) is 4.50. The maximum atomic E-state index is 13.1. The van der Waals surface area contributed by atoms with Gasteiger partial charge in [-0.1, -0.05) is 29.8 Å². The Morgan fingerprint density at radius 3 is 2.17 bits per heavy atom. The minimum atomic E-state index is -0.227. The zero-order valence-electron chi connectivity index (χ0n) is 16.7. The average molecular weight is 391 g/mol. The zero-order valence-corrected chi connectivity index (χ0v) is 16.7. The van der Waals surface area contributed by atoms with Crippen LogP contribution in [0.3, 0.4) is 0 Å². The lowest BCUT2D eigenvalue weighted by molar-refractivity contribution is -0.132. The quantitative estimate of drug-likeness (QED) is 0.650. The second-order valence-electron chi connectivity index (χ2n) is 7.61. The first kappa shape index (κ1) is 19.2. The third-order valence-electron chi connectivity index (χ3n) is 5.64. The molecule has 1 saturated heterocycles. The van der Waals surface area contributed by atoms with E-state index in [1.165, 1.54) is 17.7 Å². The number of hydrogen-bond acceptors (Lipinski definition) is 2. The molecule has 4 nitrogen and oxygen atoms in total. The number of nitrogens with zero attached hydrogens (tertiary/aromatic N) is 3. The van der Waals surface area contributed by atoms with Gasteiger partial charge >= 0.3 is 0 Å². The Balaban J connectivity index is 1.42. The summed E-state index contributed by atoms with van der Waals surface area (Å²) in [6.45, 7) is 4.96. The van der Waals surface area contributed by atoms with Gasteiger partial charge in [-0.3, -0.25) is 4.79 Å². The molecule has 4 rings (SSSR count). The van der Waals surface area contributed by atoms with Gasteiger partial charge in [-0.05, 0) is 48.9 Å². The summed E-state index contributed by atoms with van der Waals surface area (Å²) in [6.07, 6.45) is 4.48. The van der Waals surface area contributed by atoms with E-state index in [0.717, 1.165) is 24.3 Å². The fourth-order valence-electron chi connectivity index (χ4n) is 3.90. The number of rotatable bonds is 5. The van der Waals surface area contributed by atoms with Crippen LogP contribution in [0.15, 0.2) is 73.1 Å². The summed E-state index contributed by atoms with van der Waals surface area (Å²) in [5, 5.41) is 0. The van der Waals surface area contributed by atoms with Crippen LogP contribution < -0.4 is 4.90 Å². The summed E-state index contributed by atoms with van der Waals surface area (Å²) in [5.74, 6) is -0.0576. The molecule has 1 fully saturated rings. The molecule has 1 aromatic heterocycles. The van der Waals surface area contributed by atoms with Crippen LogP contribution in [-0.2, 0) is 4.79 Å². The Kier molecular flexibility index (Phi) is 5.65. The Hall–Kier alpha value is -3.08. The Morgan fingerprint density at radius 1 is 0.931 bits per heavy atom. The highest BCUT2D eigenvalue weighted by Gasteiger charge is 2.25. The maximum Gasteiger partial charge on any atom is 0.225 e. The summed E-state index contributed by atoms with van der Waals surface area (Å²) < 4.78 is 15.3. The zero-order chi connectivity index (χ0) is 20.2. The van der Waals surface area contributed by atoms with Crippen molar-refractivity contribution in [1.29, 1.82) is 0 Å². The van der Waals surface area contributed by atoms with Crippen LogP contribution in [0, 0.1) is 12.7 Å². The van der Waals surface area contributed by atoms with E-state index in [4.69, 9.17) is 0 Å². The molecule has 0 bridgehead atoms. The smallest absolute Gasteiger partial charge is 0.225 e. The predicted molar refractivity (Wildman–Crippen MR) is 114 cm³/mol. The highest BCUT2D eigenvalue weighted by molar-refractivity contribution is 5.77. The fourth-order valence-corrected chi connectivity index (χ4v) is 3.90. The van der Waals surface area contributed by atoms with Crippen LogP contribution >= 0.6 is 0 Å². The molecule has 150 valence electrons. The van der Waals surface area contributed by atoms with E-state index in [-0.39, 0.29) is 17.8 Å². The molecule has 1 unspecified atom stereocenters. The van der Waals surface area contributed by atoms with Crippen molar-refractivity contribution in [3.63, 3.8) is 0 Å². The molecule has 0 saturated carbocycles. The summed E-state index contributed by atoms with van der Waals surface area (Å²) in [4.78, 5) is 17.2. The minimum absolute atomic E-state index is 0.00627. The molecule has 2 aromatic carbocycles. The van der Waals surface area contributed by atoms with E-state index >= 15 is 0 Å². The number of aryl methyl sites for hydroxylation is 1. The number of aromatic nitrogens is 1. The van der Waals surface area contributed by atoms with Crippen molar-refractivity contribution in [3.8, 4) is 0 Å². The van der Waals surface area contributed by atoms with Gasteiger partial charge in [-0.2, -0.15) is 0 Å². The van der Waals surface area contributed by atoms with Gasteiger partial charge in [0.1, 0.15) is 5.82 Å². The Bertz CT molecular complexity index is 927. The van der Waals surface area contributed by atoms with E-state index < -0.39 is 0 Å². The monoisotopic (exact) mass is 391 g/mol. The second-order valence-corrected chi connectivity index (χ2v) is 7.61. The Labute approximate surface area is 171 Å². The van der Waals surface area contributed by atoms with Crippen molar-refractivity contribution in [2.75, 3.05) is 31.1 Å². The van der Waals surface area contributed by atoms with Gasteiger partial charge < -0.3 is 14.4 Å². The standard InChI is InChI=1S/C24H26FN3O/c1-19-4-6-20(7-5-19)23(27-12-2-3-13-27)18-24(29)28-16-14-26(15-17-28)22-10-8-21(25)9-11-22/h2-13,23H,14-18H2,1H3. The molecule has 1 aliphatic rings. The van der Waals surface area contributed by atoms with Crippen LogP contribution in [0.5, 0.6) is 0 Å².